The van der Waals surface area contributed by atoms with Gasteiger partial charge in [0.15, 0.2) is 0 Å². The van der Waals surface area contributed by atoms with Gasteiger partial charge in [-0.2, -0.15) is 0 Å². The summed E-state index contributed by atoms with van der Waals surface area (Å²) in [7, 11) is 0. The molecular formula is C58H117N3O5. The maximum atomic E-state index is 12.6. The molecule has 394 valence electrons. The second kappa shape index (κ2) is 54.7. The molecule has 8 nitrogen and oxygen atoms in total. The lowest BCUT2D eigenvalue weighted by atomic mass is 10.1. The maximum Gasteiger partial charge on any atom is 0.305 e. The van der Waals surface area contributed by atoms with E-state index in [-0.39, 0.29) is 18.5 Å². The van der Waals surface area contributed by atoms with Crippen molar-refractivity contribution in [2.24, 2.45) is 0 Å². The van der Waals surface area contributed by atoms with Crippen LogP contribution in [0.5, 0.6) is 0 Å². The molecule has 0 saturated carbocycles. The number of carbonyl (C=O) groups excluding carboxylic acids is 2. The third-order valence-electron chi connectivity index (χ3n) is 13.7. The standard InChI is InChI=1S/C58H117N3O5/c1-5-9-13-17-21-25-29-35-45-59(46-36-30-26-22-18-14-10-6-2)49-39-33-43-57(63)65-55-41-51-61(53-54-62)52-42-56-66-58(64)44-34-40-50-60(47-37-31-27-23-19-15-11-7-3)48-38-32-28-24-20-16-12-8-4/h62H,5-56H2,1-4H3. The Kier molecular flexibility index (Phi) is 53.7. The molecule has 0 amide bonds. The van der Waals surface area contributed by atoms with Gasteiger partial charge in [-0.1, -0.05) is 207 Å². The van der Waals surface area contributed by atoms with E-state index in [1.54, 1.807) is 0 Å². The van der Waals surface area contributed by atoms with E-state index in [0.717, 1.165) is 64.7 Å². The zero-order valence-corrected chi connectivity index (χ0v) is 45.2. The summed E-state index contributed by atoms with van der Waals surface area (Å²) in [6.07, 6.45) is 49.8. The fourth-order valence-corrected chi connectivity index (χ4v) is 9.33. The van der Waals surface area contributed by atoms with E-state index in [4.69, 9.17) is 9.47 Å². The van der Waals surface area contributed by atoms with Crippen LogP contribution in [0.2, 0.25) is 0 Å². The number of rotatable bonds is 56. The van der Waals surface area contributed by atoms with Crippen LogP contribution in [-0.4, -0.2) is 110 Å². The second-order valence-corrected chi connectivity index (χ2v) is 20.2. The number of hydrogen-bond donors (Lipinski definition) is 1. The first-order valence-electron chi connectivity index (χ1n) is 29.6. The Morgan fingerprint density at radius 3 is 0.758 bits per heavy atom. The highest BCUT2D eigenvalue weighted by Crippen LogP contribution is 2.15. The first-order chi connectivity index (χ1) is 32.5. The Balaban J connectivity index is 4.34. The monoisotopic (exact) mass is 936 g/mol. The van der Waals surface area contributed by atoms with E-state index in [2.05, 4.69) is 42.4 Å². The molecule has 0 bridgehead atoms. The Labute approximate surface area is 412 Å². The molecule has 0 atom stereocenters. The largest absolute Gasteiger partial charge is 0.466 e. The van der Waals surface area contributed by atoms with Gasteiger partial charge < -0.3 is 29.3 Å². The van der Waals surface area contributed by atoms with Crippen molar-refractivity contribution >= 4 is 11.9 Å². The quantitative estimate of drug-likeness (QED) is 0.0477. The lowest BCUT2D eigenvalue weighted by Gasteiger charge is -2.22. The molecule has 1 N–H and O–H groups in total. The lowest BCUT2D eigenvalue weighted by molar-refractivity contribution is -0.144. The molecule has 0 heterocycles. The number of aliphatic hydroxyl groups is 1. The van der Waals surface area contributed by atoms with Gasteiger partial charge in [0.1, 0.15) is 0 Å². The first kappa shape index (κ1) is 64.8. The number of aliphatic hydroxyl groups excluding tert-OH is 1. The van der Waals surface area contributed by atoms with Crippen molar-refractivity contribution in [2.45, 2.75) is 285 Å². The third kappa shape index (κ3) is 49.2. The molecule has 0 aliphatic rings. The van der Waals surface area contributed by atoms with Gasteiger partial charge in [0, 0.05) is 32.5 Å². The summed E-state index contributed by atoms with van der Waals surface area (Å²) < 4.78 is 11.2. The molecule has 0 unspecified atom stereocenters. The SMILES string of the molecule is CCCCCCCCCCN(CCCCCCCCCC)CCCCC(=O)OCCCN(CCO)CCCOC(=O)CCCCN(CCCCCCCCCC)CCCCCCCCCC. The van der Waals surface area contributed by atoms with Gasteiger partial charge >= 0.3 is 11.9 Å². The highest BCUT2D eigenvalue weighted by Gasteiger charge is 2.11. The number of unbranched alkanes of at least 4 members (excludes halogenated alkanes) is 30. The summed E-state index contributed by atoms with van der Waals surface area (Å²) in [6, 6.07) is 0. The molecule has 66 heavy (non-hydrogen) atoms. The average Bonchev–Trinajstić information content (AvgIpc) is 3.32. The third-order valence-corrected chi connectivity index (χ3v) is 13.7. The maximum absolute atomic E-state index is 12.6. The van der Waals surface area contributed by atoms with Gasteiger partial charge in [-0.25, -0.2) is 0 Å². The Morgan fingerprint density at radius 1 is 0.288 bits per heavy atom. The van der Waals surface area contributed by atoms with Crippen LogP contribution in [0, 0.1) is 0 Å². The topological polar surface area (TPSA) is 82.5 Å². The highest BCUT2D eigenvalue weighted by molar-refractivity contribution is 5.69. The Bertz CT molecular complexity index is 857. The van der Waals surface area contributed by atoms with Crippen molar-refractivity contribution in [1.29, 1.82) is 0 Å². The summed E-state index contributed by atoms with van der Waals surface area (Å²) in [6.45, 7) is 19.1. The molecule has 0 radical (unpaired) electrons. The molecule has 0 aromatic heterocycles. The van der Waals surface area contributed by atoms with E-state index in [9.17, 15) is 14.7 Å². The summed E-state index contributed by atoms with van der Waals surface area (Å²) in [4.78, 5) is 32.7. The summed E-state index contributed by atoms with van der Waals surface area (Å²) in [5, 5.41) is 9.66. The van der Waals surface area contributed by atoms with E-state index < -0.39 is 0 Å². The van der Waals surface area contributed by atoms with Crippen LogP contribution in [0.3, 0.4) is 0 Å². The molecule has 0 saturated heterocycles. The Hall–Kier alpha value is -1.22. The van der Waals surface area contributed by atoms with Crippen LogP contribution in [0.15, 0.2) is 0 Å². The van der Waals surface area contributed by atoms with Crippen molar-refractivity contribution in [3.8, 4) is 0 Å². The van der Waals surface area contributed by atoms with Crippen molar-refractivity contribution < 1.29 is 24.2 Å². The zero-order chi connectivity index (χ0) is 48.1. The van der Waals surface area contributed by atoms with Crippen LogP contribution in [0.25, 0.3) is 0 Å². The second-order valence-electron chi connectivity index (χ2n) is 20.2. The van der Waals surface area contributed by atoms with E-state index in [0.29, 0.717) is 32.6 Å². The van der Waals surface area contributed by atoms with Gasteiger partial charge in [0.2, 0.25) is 0 Å². The molecule has 0 spiro atoms. The zero-order valence-electron chi connectivity index (χ0n) is 45.2. The van der Waals surface area contributed by atoms with E-state index in [1.165, 1.54) is 232 Å². The van der Waals surface area contributed by atoms with Gasteiger partial charge in [-0.05, 0) is 103 Å². The molecule has 0 rings (SSSR count). The minimum atomic E-state index is -0.0898. The van der Waals surface area contributed by atoms with Crippen molar-refractivity contribution in [2.75, 3.05) is 78.7 Å². The Morgan fingerprint density at radius 2 is 0.500 bits per heavy atom. The van der Waals surface area contributed by atoms with Crippen LogP contribution in [0.1, 0.15) is 285 Å². The predicted molar refractivity (Wildman–Crippen MR) is 286 cm³/mol. The van der Waals surface area contributed by atoms with Crippen LogP contribution in [-0.2, 0) is 19.1 Å². The minimum absolute atomic E-state index is 0.0871. The number of hydrogen-bond acceptors (Lipinski definition) is 8. The van der Waals surface area contributed by atoms with Crippen LogP contribution in [0.4, 0.5) is 0 Å². The fourth-order valence-electron chi connectivity index (χ4n) is 9.33. The lowest BCUT2D eigenvalue weighted by Crippen LogP contribution is -2.30. The molecule has 0 aromatic carbocycles. The van der Waals surface area contributed by atoms with E-state index in [1.807, 2.05) is 0 Å². The fraction of sp³-hybridized carbons (Fsp3) is 0.966. The number of nitrogens with zero attached hydrogens (tertiary/aromatic N) is 3. The average molecular weight is 937 g/mol. The summed E-state index contributed by atoms with van der Waals surface area (Å²) in [5.41, 5.74) is 0. The van der Waals surface area contributed by atoms with Gasteiger partial charge in [-0.3, -0.25) is 9.59 Å². The number of carbonyl (C=O) groups is 2. The minimum Gasteiger partial charge on any atom is -0.466 e. The molecular weight excluding hydrogens is 819 g/mol. The molecule has 0 aliphatic carbocycles. The summed E-state index contributed by atoms with van der Waals surface area (Å²) >= 11 is 0. The van der Waals surface area contributed by atoms with Crippen molar-refractivity contribution in [1.82, 2.24) is 14.7 Å². The molecule has 8 heteroatoms. The number of ether oxygens (including phenoxy) is 2. The van der Waals surface area contributed by atoms with Crippen LogP contribution < -0.4 is 0 Å². The summed E-state index contributed by atoms with van der Waals surface area (Å²) in [5.74, 6) is -0.180. The van der Waals surface area contributed by atoms with Crippen molar-refractivity contribution in [3.63, 3.8) is 0 Å². The predicted octanol–water partition coefficient (Wildman–Crippen LogP) is 15.7. The molecule has 0 aliphatic heterocycles. The van der Waals surface area contributed by atoms with Gasteiger partial charge in [0.05, 0.1) is 19.8 Å². The van der Waals surface area contributed by atoms with E-state index >= 15 is 0 Å². The highest BCUT2D eigenvalue weighted by atomic mass is 16.5. The smallest absolute Gasteiger partial charge is 0.305 e. The van der Waals surface area contributed by atoms with Crippen molar-refractivity contribution in [3.05, 3.63) is 0 Å². The molecule has 0 fully saturated rings. The normalized spacial score (nSPS) is 11.8. The first-order valence-corrected chi connectivity index (χ1v) is 29.6. The molecule has 0 aromatic rings. The number of esters is 2. The van der Waals surface area contributed by atoms with Gasteiger partial charge in [0.25, 0.3) is 0 Å². The van der Waals surface area contributed by atoms with Crippen LogP contribution >= 0.6 is 0 Å². The van der Waals surface area contributed by atoms with Gasteiger partial charge in [-0.15, -0.1) is 0 Å².